The first kappa shape index (κ1) is 14.9. The van der Waals surface area contributed by atoms with Crippen LogP contribution in [0, 0.1) is 0 Å². The Kier molecular flexibility index (Phi) is 5.36. The van der Waals surface area contributed by atoms with Crippen molar-refractivity contribution in [2.75, 3.05) is 18.1 Å². The minimum absolute atomic E-state index is 0.173. The van der Waals surface area contributed by atoms with Crippen LogP contribution >= 0.6 is 35.1 Å². The van der Waals surface area contributed by atoms with Gasteiger partial charge in [0.25, 0.3) is 0 Å². The molecule has 1 aliphatic rings. The van der Waals surface area contributed by atoms with Crippen molar-refractivity contribution in [3.05, 3.63) is 22.7 Å². The summed E-state index contributed by atoms with van der Waals surface area (Å²) >= 11 is 9.81. The average Bonchev–Trinajstić information content (AvgIpc) is 2.39. The number of carbonyl (C=O) groups excluding carboxylic acids is 1. The fourth-order valence-corrected chi connectivity index (χ4v) is 4.68. The molecule has 0 aliphatic carbocycles. The van der Waals surface area contributed by atoms with Gasteiger partial charge >= 0.3 is 5.97 Å². The van der Waals surface area contributed by atoms with Gasteiger partial charge in [-0.2, -0.15) is 11.8 Å². The number of thioether (sulfide) groups is 2. The van der Waals surface area contributed by atoms with Crippen LogP contribution in [0.4, 0.5) is 0 Å². The first-order valence-corrected chi connectivity index (χ1v) is 8.53. The van der Waals surface area contributed by atoms with Gasteiger partial charge in [0.05, 0.1) is 11.9 Å². The molecule has 0 aromatic carbocycles. The molecule has 0 bridgehead atoms. The van der Waals surface area contributed by atoms with Gasteiger partial charge in [-0.15, -0.1) is 11.8 Å². The Balaban J connectivity index is 2.20. The zero-order valence-corrected chi connectivity index (χ0v) is 13.1. The molecule has 0 saturated carbocycles. The van der Waals surface area contributed by atoms with E-state index < -0.39 is 5.97 Å². The third kappa shape index (κ3) is 3.55. The van der Waals surface area contributed by atoms with E-state index in [0.717, 1.165) is 11.5 Å². The lowest BCUT2D eigenvalue weighted by Crippen LogP contribution is -2.19. The van der Waals surface area contributed by atoms with Gasteiger partial charge in [-0.1, -0.05) is 18.5 Å². The predicted octanol–water partition coefficient (Wildman–Crippen LogP) is 3.22. The number of halogens is 1. The molecule has 0 amide bonds. The first-order chi connectivity index (χ1) is 9.13. The lowest BCUT2D eigenvalue weighted by Gasteiger charge is -2.26. The summed E-state index contributed by atoms with van der Waals surface area (Å²) in [5.74, 6) is 2.46. The maximum absolute atomic E-state index is 11.6. The van der Waals surface area contributed by atoms with Crippen molar-refractivity contribution in [2.45, 2.75) is 24.3 Å². The van der Waals surface area contributed by atoms with E-state index in [1.165, 1.54) is 6.20 Å². The normalized spacial score (nSPS) is 23.1. The van der Waals surface area contributed by atoms with Gasteiger partial charge in [0.2, 0.25) is 0 Å². The Labute approximate surface area is 126 Å². The molecule has 104 valence electrons. The van der Waals surface area contributed by atoms with Crippen LogP contribution in [0.25, 0.3) is 0 Å². The Morgan fingerprint density at radius 1 is 1.53 bits per heavy atom. The topological polar surface area (TPSA) is 52.1 Å². The molecule has 1 aromatic heterocycles. The van der Waals surface area contributed by atoms with Crippen LogP contribution in [-0.4, -0.2) is 39.3 Å². The number of hydrogen-bond acceptors (Lipinski definition) is 6. The largest absolute Gasteiger partial charge is 0.462 e. The number of hydrogen-bond donors (Lipinski definition) is 0. The lowest BCUT2D eigenvalue weighted by molar-refractivity contribution is 0.0525. The molecule has 2 heterocycles. The fourth-order valence-electron chi connectivity index (χ4n) is 1.77. The van der Waals surface area contributed by atoms with Crippen molar-refractivity contribution in [2.24, 2.45) is 0 Å². The third-order valence-electron chi connectivity index (χ3n) is 2.70. The smallest absolute Gasteiger partial charge is 0.342 e. The summed E-state index contributed by atoms with van der Waals surface area (Å²) in [5, 5.41) is 0.850. The minimum Gasteiger partial charge on any atom is -0.462 e. The van der Waals surface area contributed by atoms with E-state index in [0.29, 0.717) is 17.7 Å². The summed E-state index contributed by atoms with van der Waals surface area (Å²) in [6.45, 7) is 4.22. The summed E-state index contributed by atoms with van der Waals surface area (Å²) in [6.07, 6.45) is 1.47. The molecule has 19 heavy (non-hydrogen) atoms. The minimum atomic E-state index is -0.474. The van der Waals surface area contributed by atoms with E-state index in [1.54, 1.807) is 6.92 Å². The van der Waals surface area contributed by atoms with Gasteiger partial charge in [-0.3, -0.25) is 0 Å². The monoisotopic (exact) mass is 318 g/mol. The SMILES string of the molecule is CCOC(=O)c1cnc(C2SCCSC2C)nc1Cl. The molecule has 1 fully saturated rings. The molecule has 2 atom stereocenters. The fraction of sp³-hybridized carbons (Fsp3) is 0.583. The second-order valence-electron chi connectivity index (χ2n) is 4.02. The Morgan fingerprint density at radius 2 is 2.26 bits per heavy atom. The van der Waals surface area contributed by atoms with Crippen LogP contribution < -0.4 is 0 Å². The summed E-state index contributed by atoms with van der Waals surface area (Å²) in [5.41, 5.74) is 0.230. The second-order valence-corrected chi connectivity index (χ2v) is 7.11. The molecule has 4 nitrogen and oxygen atoms in total. The molecule has 0 spiro atoms. The molecule has 1 aromatic rings. The maximum atomic E-state index is 11.6. The Hall–Kier alpha value is -0.460. The third-order valence-corrected chi connectivity index (χ3v) is 6.07. The molecule has 7 heteroatoms. The highest BCUT2D eigenvalue weighted by atomic mass is 35.5. The Bertz CT molecular complexity index is 473. The first-order valence-electron chi connectivity index (χ1n) is 6.06. The molecule has 0 N–H and O–H groups in total. The average molecular weight is 319 g/mol. The van der Waals surface area contributed by atoms with Crippen LogP contribution in [-0.2, 0) is 4.74 Å². The van der Waals surface area contributed by atoms with E-state index in [9.17, 15) is 4.79 Å². The van der Waals surface area contributed by atoms with Crippen LogP contribution in [0.15, 0.2) is 6.20 Å². The number of carbonyl (C=O) groups is 1. The van der Waals surface area contributed by atoms with Gasteiger partial charge < -0.3 is 4.74 Å². The quantitative estimate of drug-likeness (QED) is 0.630. The highest BCUT2D eigenvalue weighted by Crippen LogP contribution is 2.41. The zero-order valence-electron chi connectivity index (χ0n) is 10.8. The van der Waals surface area contributed by atoms with Crippen LogP contribution in [0.5, 0.6) is 0 Å². The highest BCUT2D eigenvalue weighted by molar-refractivity contribution is 8.06. The highest BCUT2D eigenvalue weighted by Gasteiger charge is 2.27. The summed E-state index contributed by atoms with van der Waals surface area (Å²) in [6, 6.07) is 0. The van der Waals surface area contributed by atoms with Crippen molar-refractivity contribution >= 4 is 41.1 Å². The van der Waals surface area contributed by atoms with Crippen molar-refractivity contribution in [3.63, 3.8) is 0 Å². The molecule has 2 rings (SSSR count). The maximum Gasteiger partial charge on any atom is 0.342 e. The number of rotatable bonds is 3. The van der Waals surface area contributed by atoms with Crippen molar-refractivity contribution < 1.29 is 9.53 Å². The van der Waals surface area contributed by atoms with Gasteiger partial charge in [0.1, 0.15) is 16.5 Å². The predicted molar refractivity (Wildman–Crippen MR) is 80.1 cm³/mol. The van der Waals surface area contributed by atoms with Crippen molar-refractivity contribution in [1.82, 2.24) is 9.97 Å². The number of esters is 1. The molecular formula is C12H15ClN2O2S2. The lowest BCUT2D eigenvalue weighted by atomic mass is 10.3. The number of nitrogens with zero attached hydrogens (tertiary/aromatic N) is 2. The zero-order chi connectivity index (χ0) is 13.8. The molecular weight excluding hydrogens is 304 g/mol. The van der Waals surface area contributed by atoms with E-state index in [2.05, 4.69) is 16.9 Å². The van der Waals surface area contributed by atoms with Crippen LogP contribution in [0.1, 0.15) is 35.3 Å². The van der Waals surface area contributed by atoms with E-state index >= 15 is 0 Å². The molecule has 2 unspecified atom stereocenters. The number of aromatic nitrogens is 2. The van der Waals surface area contributed by atoms with Gasteiger partial charge in [-0.25, -0.2) is 14.8 Å². The van der Waals surface area contributed by atoms with E-state index in [4.69, 9.17) is 16.3 Å². The summed E-state index contributed by atoms with van der Waals surface area (Å²) in [4.78, 5) is 20.2. The van der Waals surface area contributed by atoms with Crippen molar-refractivity contribution in [3.8, 4) is 0 Å². The van der Waals surface area contributed by atoms with Crippen molar-refractivity contribution in [1.29, 1.82) is 0 Å². The molecule has 1 aliphatic heterocycles. The molecule has 1 saturated heterocycles. The van der Waals surface area contributed by atoms with Crippen LogP contribution in [0.3, 0.4) is 0 Å². The number of ether oxygens (including phenoxy) is 1. The van der Waals surface area contributed by atoms with E-state index in [-0.39, 0.29) is 16.0 Å². The van der Waals surface area contributed by atoms with Gasteiger partial charge in [0, 0.05) is 23.0 Å². The van der Waals surface area contributed by atoms with Gasteiger partial charge in [-0.05, 0) is 6.92 Å². The van der Waals surface area contributed by atoms with Crippen LogP contribution in [0.2, 0.25) is 5.15 Å². The van der Waals surface area contributed by atoms with E-state index in [1.807, 2.05) is 23.5 Å². The summed E-state index contributed by atoms with van der Waals surface area (Å²) in [7, 11) is 0. The second kappa shape index (κ2) is 6.81. The Morgan fingerprint density at radius 3 is 2.89 bits per heavy atom. The molecule has 0 radical (unpaired) electrons. The standard InChI is InChI=1S/C12H15ClN2O2S2/c1-3-17-12(16)8-6-14-11(15-10(8)13)9-7(2)18-4-5-19-9/h6-7,9H,3-5H2,1-2H3. The summed E-state index contributed by atoms with van der Waals surface area (Å²) < 4.78 is 4.90. The van der Waals surface area contributed by atoms with Gasteiger partial charge in [0.15, 0.2) is 0 Å².